The molecule has 2 heteroatoms. The lowest BCUT2D eigenvalue weighted by molar-refractivity contribution is 0.144. The molecule has 2 fully saturated rings. The van der Waals surface area contributed by atoms with Crippen LogP contribution in [0.15, 0.2) is 0 Å². The van der Waals surface area contributed by atoms with E-state index in [9.17, 15) is 0 Å². The van der Waals surface area contributed by atoms with Crippen LogP contribution >= 0.6 is 0 Å². The molecule has 0 aromatic rings. The van der Waals surface area contributed by atoms with Gasteiger partial charge in [0.2, 0.25) is 0 Å². The fourth-order valence-corrected chi connectivity index (χ4v) is 2.62. The first-order valence-corrected chi connectivity index (χ1v) is 6.72. The maximum atomic E-state index is 3.63. The van der Waals surface area contributed by atoms with Crippen molar-refractivity contribution in [2.75, 3.05) is 13.6 Å². The standard InChI is InChI=1S/C13H26N2/c1-11(10-14-12-8-9-12)15(2)13-6-4-3-5-7-13/h11-14H,3-10H2,1-2H3. The van der Waals surface area contributed by atoms with Crippen LogP contribution in [-0.4, -0.2) is 36.6 Å². The summed E-state index contributed by atoms with van der Waals surface area (Å²) in [7, 11) is 2.31. The summed E-state index contributed by atoms with van der Waals surface area (Å²) in [6, 6.07) is 2.41. The fourth-order valence-electron chi connectivity index (χ4n) is 2.62. The van der Waals surface area contributed by atoms with Crippen LogP contribution in [0.5, 0.6) is 0 Å². The van der Waals surface area contributed by atoms with E-state index < -0.39 is 0 Å². The van der Waals surface area contributed by atoms with Crippen LogP contribution in [0.1, 0.15) is 51.9 Å². The van der Waals surface area contributed by atoms with Crippen molar-refractivity contribution in [2.24, 2.45) is 0 Å². The molecule has 0 radical (unpaired) electrons. The third-order valence-electron chi connectivity index (χ3n) is 4.13. The molecule has 0 aromatic heterocycles. The van der Waals surface area contributed by atoms with E-state index in [0.29, 0.717) is 6.04 Å². The lowest BCUT2D eigenvalue weighted by atomic mass is 9.94. The van der Waals surface area contributed by atoms with Gasteiger partial charge in [-0.25, -0.2) is 0 Å². The van der Waals surface area contributed by atoms with Gasteiger partial charge in [0.1, 0.15) is 0 Å². The van der Waals surface area contributed by atoms with Crippen molar-refractivity contribution >= 4 is 0 Å². The highest BCUT2D eigenvalue weighted by Gasteiger charge is 2.24. The molecule has 1 N–H and O–H groups in total. The highest BCUT2D eigenvalue weighted by atomic mass is 15.2. The van der Waals surface area contributed by atoms with Gasteiger partial charge in [-0.05, 0) is 39.7 Å². The molecule has 2 aliphatic carbocycles. The van der Waals surface area contributed by atoms with Crippen LogP contribution in [0.2, 0.25) is 0 Å². The molecule has 0 aromatic carbocycles. The summed E-state index contributed by atoms with van der Waals surface area (Å²) >= 11 is 0. The SMILES string of the molecule is CC(CNC1CC1)N(C)C1CCCCC1. The van der Waals surface area contributed by atoms with Crippen molar-refractivity contribution < 1.29 is 0 Å². The smallest absolute Gasteiger partial charge is 0.0192 e. The van der Waals surface area contributed by atoms with Crippen molar-refractivity contribution in [3.05, 3.63) is 0 Å². The van der Waals surface area contributed by atoms with Gasteiger partial charge in [0.25, 0.3) is 0 Å². The molecule has 0 amide bonds. The van der Waals surface area contributed by atoms with Crippen molar-refractivity contribution in [2.45, 2.75) is 70.0 Å². The predicted molar refractivity (Wildman–Crippen MR) is 65.1 cm³/mol. The monoisotopic (exact) mass is 210 g/mol. The Bertz CT molecular complexity index is 183. The van der Waals surface area contributed by atoms with Gasteiger partial charge in [0.05, 0.1) is 0 Å². The molecule has 2 aliphatic rings. The fraction of sp³-hybridized carbons (Fsp3) is 1.00. The minimum atomic E-state index is 0.702. The van der Waals surface area contributed by atoms with E-state index in [1.807, 2.05) is 0 Å². The maximum Gasteiger partial charge on any atom is 0.0192 e. The molecule has 88 valence electrons. The summed E-state index contributed by atoms with van der Waals surface area (Å²) in [5.74, 6) is 0. The minimum absolute atomic E-state index is 0.702. The molecular formula is C13H26N2. The Balaban J connectivity index is 1.69. The van der Waals surface area contributed by atoms with Gasteiger partial charge in [0, 0.05) is 24.7 Å². The molecule has 1 atom stereocenters. The van der Waals surface area contributed by atoms with E-state index in [-0.39, 0.29) is 0 Å². The molecule has 0 heterocycles. The van der Waals surface area contributed by atoms with Gasteiger partial charge in [-0.1, -0.05) is 19.3 Å². The van der Waals surface area contributed by atoms with Gasteiger partial charge >= 0.3 is 0 Å². The Kier molecular flexibility index (Phi) is 4.04. The number of hydrogen-bond donors (Lipinski definition) is 1. The minimum Gasteiger partial charge on any atom is -0.312 e. The first-order chi connectivity index (χ1) is 7.27. The van der Waals surface area contributed by atoms with Gasteiger partial charge in [-0.2, -0.15) is 0 Å². The topological polar surface area (TPSA) is 15.3 Å². The number of likely N-dealkylation sites (N-methyl/N-ethyl adjacent to an activating group) is 1. The van der Waals surface area contributed by atoms with Crippen LogP contribution in [0.4, 0.5) is 0 Å². The lowest BCUT2D eigenvalue weighted by Gasteiger charge is -2.35. The zero-order valence-electron chi connectivity index (χ0n) is 10.3. The van der Waals surface area contributed by atoms with Gasteiger partial charge in [-0.3, -0.25) is 4.90 Å². The summed E-state index contributed by atoms with van der Waals surface area (Å²) in [5, 5.41) is 3.63. The van der Waals surface area contributed by atoms with E-state index in [4.69, 9.17) is 0 Å². The van der Waals surface area contributed by atoms with E-state index in [0.717, 1.165) is 12.1 Å². The molecule has 0 saturated heterocycles. The van der Waals surface area contributed by atoms with Crippen molar-refractivity contribution in [1.29, 1.82) is 0 Å². The molecule has 2 saturated carbocycles. The molecule has 1 unspecified atom stereocenters. The van der Waals surface area contributed by atoms with Gasteiger partial charge in [-0.15, -0.1) is 0 Å². The quantitative estimate of drug-likeness (QED) is 0.749. The highest BCUT2D eigenvalue weighted by Crippen LogP contribution is 2.23. The Morgan fingerprint density at radius 2 is 1.80 bits per heavy atom. The second kappa shape index (κ2) is 5.31. The normalized spacial score (nSPS) is 25.8. The molecule has 2 nitrogen and oxygen atoms in total. The van der Waals surface area contributed by atoms with Crippen LogP contribution in [0.3, 0.4) is 0 Å². The number of nitrogens with one attached hydrogen (secondary N) is 1. The summed E-state index contributed by atoms with van der Waals surface area (Å²) in [5.41, 5.74) is 0. The van der Waals surface area contributed by atoms with Gasteiger partial charge in [0.15, 0.2) is 0 Å². The third kappa shape index (κ3) is 3.46. The molecule has 0 bridgehead atoms. The average Bonchev–Trinajstić information content (AvgIpc) is 3.10. The maximum absolute atomic E-state index is 3.63. The highest BCUT2D eigenvalue weighted by molar-refractivity contribution is 4.84. The number of rotatable bonds is 5. The summed E-state index contributed by atoms with van der Waals surface area (Å²) in [6.45, 7) is 3.54. The average molecular weight is 210 g/mol. The first-order valence-electron chi connectivity index (χ1n) is 6.72. The molecule has 15 heavy (non-hydrogen) atoms. The largest absolute Gasteiger partial charge is 0.312 e. The molecule has 0 aliphatic heterocycles. The van der Waals surface area contributed by atoms with Crippen LogP contribution in [-0.2, 0) is 0 Å². The Morgan fingerprint density at radius 1 is 1.13 bits per heavy atom. The predicted octanol–water partition coefficient (Wildman–Crippen LogP) is 2.39. The Labute approximate surface area is 94.4 Å². The van der Waals surface area contributed by atoms with E-state index in [1.165, 1.54) is 51.5 Å². The molecule has 2 rings (SSSR count). The van der Waals surface area contributed by atoms with E-state index in [2.05, 4.69) is 24.2 Å². The van der Waals surface area contributed by atoms with Crippen LogP contribution in [0.25, 0.3) is 0 Å². The summed E-state index contributed by atoms with van der Waals surface area (Å²) in [6.07, 6.45) is 9.99. The van der Waals surface area contributed by atoms with Gasteiger partial charge < -0.3 is 5.32 Å². The second-order valence-electron chi connectivity index (χ2n) is 5.49. The summed E-state index contributed by atoms with van der Waals surface area (Å²) < 4.78 is 0. The van der Waals surface area contributed by atoms with Crippen molar-refractivity contribution in [1.82, 2.24) is 10.2 Å². The zero-order chi connectivity index (χ0) is 10.7. The summed E-state index contributed by atoms with van der Waals surface area (Å²) in [4.78, 5) is 2.61. The number of hydrogen-bond acceptors (Lipinski definition) is 2. The lowest BCUT2D eigenvalue weighted by Crippen LogP contribution is -2.45. The molecular weight excluding hydrogens is 184 g/mol. The van der Waals surface area contributed by atoms with Crippen molar-refractivity contribution in [3.63, 3.8) is 0 Å². The zero-order valence-corrected chi connectivity index (χ0v) is 10.3. The van der Waals surface area contributed by atoms with E-state index >= 15 is 0 Å². The van der Waals surface area contributed by atoms with E-state index in [1.54, 1.807) is 0 Å². The van der Waals surface area contributed by atoms with Crippen LogP contribution < -0.4 is 5.32 Å². The third-order valence-corrected chi connectivity index (χ3v) is 4.13. The van der Waals surface area contributed by atoms with Crippen molar-refractivity contribution in [3.8, 4) is 0 Å². The second-order valence-corrected chi connectivity index (χ2v) is 5.49. The Hall–Kier alpha value is -0.0800. The van der Waals surface area contributed by atoms with Crippen LogP contribution in [0, 0.1) is 0 Å². The molecule has 0 spiro atoms. The Morgan fingerprint density at radius 3 is 2.40 bits per heavy atom. The number of nitrogens with zero attached hydrogens (tertiary/aromatic N) is 1. The first kappa shape index (κ1) is 11.4.